The minimum absolute atomic E-state index is 0.0850. The topological polar surface area (TPSA) is 37.4 Å². The molecule has 0 radical (unpaired) electrons. The minimum atomic E-state index is -1.11. The molecule has 0 saturated carbocycles. The lowest BCUT2D eigenvalue weighted by molar-refractivity contribution is -0.123. The van der Waals surface area contributed by atoms with Gasteiger partial charge in [-0.05, 0) is 50.8 Å². The predicted octanol–water partition coefficient (Wildman–Crippen LogP) is 10.5. The molecule has 2 amide bonds. The van der Waals surface area contributed by atoms with E-state index in [1.165, 1.54) is 49.8 Å². The van der Waals surface area contributed by atoms with Crippen LogP contribution in [0.2, 0.25) is 10.0 Å². The van der Waals surface area contributed by atoms with Gasteiger partial charge in [0.25, 0.3) is 0 Å². The summed E-state index contributed by atoms with van der Waals surface area (Å²) in [7, 11) is 0. The second-order valence-corrected chi connectivity index (χ2v) is 13.8. The Labute approximate surface area is 246 Å². The van der Waals surface area contributed by atoms with Gasteiger partial charge in [-0.3, -0.25) is 9.59 Å². The number of nitrogens with zero attached hydrogens (tertiary/aromatic N) is 1. The fraction of sp³-hybridized carbons (Fsp3) is 0.667. The van der Waals surface area contributed by atoms with Crippen LogP contribution in [0.1, 0.15) is 103 Å². The Balaban J connectivity index is 1.58. The lowest BCUT2D eigenvalue weighted by Crippen LogP contribution is -2.38. The second-order valence-electron chi connectivity index (χ2n) is 9.95. The van der Waals surface area contributed by atoms with Crippen LogP contribution in [0, 0.1) is 5.41 Å². The number of imide groups is 1. The number of benzene rings is 1. The van der Waals surface area contributed by atoms with Gasteiger partial charge in [0, 0.05) is 21.3 Å². The van der Waals surface area contributed by atoms with Crippen LogP contribution in [-0.2, 0) is 9.59 Å². The molecule has 1 aliphatic rings. The van der Waals surface area contributed by atoms with Gasteiger partial charge in [0.05, 0.1) is 11.1 Å². The number of alkyl halides is 3. The largest absolute Gasteiger partial charge is 0.274 e. The molecule has 1 aromatic rings. The molecule has 2 rings (SSSR count). The molecule has 0 spiro atoms. The van der Waals surface area contributed by atoms with Crippen molar-refractivity contribution in [2.45, 2.75) is 107 Å². The summed E-state index contributed by atoms with van der Waals surface area (Å²) < 4.78 is -1.11. The molecule has 1 atom stereocenters. The molecular weight excluding hydrogens is 580 g/mol. The maximum atomic E-state index is 13.2. The van der Waals surface area contributed by atoms with Crippen LogP contribution in [-0.4, -0.2) is 20.5 Å². The van der Waals surface area contributed by atoms with Gasteiger partial charge >= 0.3 is 0 Å². The number of hydrogen-bond acceptors (Lipinski definition) is 3. The van der Waals surface area contributed by atoms with Gasteiger partial charge < -0.3 is 0 Å². The average Bonchev–Trinajstić information content (AvgIpc) is 3.01. The van der Waals surface area contributed by atoms with Gasteiger partial charge in [-0.1, -0.05) is 134 Å². The number of carbonyl (C=O) groups excluding carboxylic acids is 2. The first-order valence-electron chi connectivity index (χ1n) is 12.9. The highest BCUT2D eigenvalue weighted by atomic mass is 35.6. The third kappa shape index (κ3) is 10.6. The van der Waals surface area contributed by atoms with Crippen LogP contribution < -0.4 is 4.90 Å². The normalized spacial score (nSPS) is 18.3. The van der Waals surface area contributed by atoms with Gasteiger partial charge in [0.2, 0.25) is 11.8 Å². The van der Waals surface area contributed by atoms with Crippen LogP contribution in [0.3, 0.4) is 0 Å². The van der Waals surface area contributed by atoms with E-state index in [-0.39, 0.29) is 18.2 Å². The minimum Gasteiger partial charge on any atom is -0.274 e. The van der Waals surface area contributed by atoms with Crippen LogP contribution in [0.5, 0.6) is 0 Å². The van der Waals surface area contributed by atoms with E-state index in [1.54, 1.807) is 25.1 Å². The summed E-state index contributed by atoms with van der Waals surface area (Å²) in [4.78, 5) is 27.7. The Morgan fingerprint density at radius 2 is 1.28 bits per heavy atom. The molecule has 1 saturated heterocycles. The van der Waals surface area contributed by atoms with Crippen molar-refractivity contribution in [3.8, 4) is 0 Å². The van der Waals surface area contributed by atoms with E-state index in [0.29, 0.717) is 33.4 Å². The highest BCUT2D eigenvalue weighted by Crippen LogP contribution is 2.40. The van der Waals surface area contributed by atoms with Gasteiger partial charge in [-0.15, -0.1) is 0 Å². The number of unbranched alkanes of at least 4 members (excludes halogenated alkanes) is 11. The molecule has 0 aliphatic carbocycles. The van der Waals surface area contributed by atoms with E-state index >= 15 is 0 Å². The van der Waals surface area contributed by atoms with E-state index in [4.69, 9.17) is 70.2 Å². The molecule has 0 N–H and O–H groups in total. The molecule has 1 aliphatic heterocycles. The molecule has 9 heteroatoms. The molecule has 1 unspecified atom stereocenters. The fourth-order valence-electron chi connectivity index (χ4n) is 4.62. The Hall–Kier alpha value is -0.100. The molecule has 36 heavy (non-hydrogen) atoms. The first kappa shape index (κ1) is 32.1. The van der Waals surface area contributed by atoms with E-state index in [2.05, 4.69) is 0 Å². The summed E-state index contributed by atoms with van der Waals surface area (Å²) in [6.45, 7) is 1.78. The quantitative estimate of drug-likeness (QED) is 0.0803. The number of rotatable bonds is 16. The van der Waals surface area contributed by atoms with Gasteiger partial charge in [0.15, 0.2) is 3.79 Å². The first-order valence-corrected chi connectivity index (χ1v) is 15.2. The standard InChI is InChI=1S/C27H36Cl5NO2S/c1-26(19-24(34)33(25(26)35)22-17-20(28)16-21(29)18-22)23(36)14-12-10-8-6-4-2-3-5-7-9-11-13-15-27(30,31)32/h16-18H,2-15,19H2,1H3. The van der Waals surface area contributed by atoms with Crippen molar-refractivity contribution in [3.05, 3.63) is 28.2 Å². The van der Waals surface area contributed by atoms with E-state index in [1.807, 2.05) is 0 Å². The Morgan fingerprint density at radius 1 is 0.833 bits per heavy atom. The Kier molecular flexibility index (Phi) is 13.8. The maximum absolute atomic E-state index is 13.2. The van der Waals surface area contributed by atoms with Crippen molar-refractivity contribution in [2.75, 3.05) is 4.90 Å². The van der Waals surface area contributed by atoms with Crippen molar-refractivity contribution >= 4 is 92.6 Å². The van der Waals surface area contributed by atoms with Crippen LogP contribution in [0.4, 0.5) is 5.69 Å². The number of hydrogen-bond donors (Lipinski definition) is 0. The molecule has 3 nitrogen and oxygen atoms in total. The first-order chi connectivity index (χ1) is 16.9. The summed E-state index contributed by atoms with van der Waals surface area (Å²) >= 11 is 35.1. The summed E-state index contributed by atoms with van der Waals surface area (Å²) in [5, 5.41) is 0.755. The zero-order valence-corrected chi connectivity index (χ0v) is 25.5. The molecular formula is C27H36Cl5NO2S. The number of amides is 2. The zero-order chi connectivity index (χ0) is 26.8. The van der Waals surface area contributed by atoms with Crippen LogP contribution in [0.25, 0.3) is 0 Å². The van der Waals surface area contributed by atoms with Crippen molar-refractivity contribution < 1.29 is 9.59 Å². The van der Waals surface area contributed by atoms with Gasteiger partial charge in [-0.25, -0.2) is 4.90 Å². The van der Waals surface area contributed by atoms with Crippen LogP contribution >= 0.6 is 70.2 Å². The van der Waals surface area contributed by atoms with E-state index in [0.717, 1.165) is 32.1 Å². The van der Waals surface area contributed by atoms with Gasteiger partial charge in [0.1, 0.15) is 0 Å². The van der Waals surface area contributed by atoms with Crippen LogP contribution in [0.15, 0.2) is 18.2 Å². The number of carbonyl (C=O) groups is 2. The van der Waals surface area contributed by atoms with E-state index in [9.17, 15) is 9.59 Å². The molecule has 1 heterocycles. The van der Waals surface area contributed by atoms with Crippen molar-refractivity contribution in [3.63, 3.8) is 0 Å². The highest BCUT2D eigenvalue weighted by Gasteiger charge is 2.51. The summed E-state index contributed by atoms with van der Waals surface area (Å²) in [6, 6.07) is 4.72. The molecule has 1 fully saturated rings. The molecule has 1 aromatic carbocycles. The number of thiocarbonyl (C=S) groups is 1. The van der Waals surface area contributed by atoms with Crippen molar-refractivity contribution in [1.29, 1.82) is 0 Å². The maximum Gasteiger partial charge on any atom is 0.245 e. The molecule has 202 valence electrons. The molecule has 0 bridgehead atoms. The van der Waals surface area contributed by atoms with Crippen molar-refractivity contribution in [2.24, 2.45) is 5.41 Å². The Morgan fingerprint density at radius 3 is 1.75 bits per heavy atom. The fourth-order valence-corrected chi connectivity index (χ4v) is 5.84. The highest BCUT2D eigenvalue weighted by molar-refractivity contribution is 7.80. The number of halogens is 5. The zero-order valence-electron chi connectivity index (χ0n) is 20.9. The van der Waals surface area contributed by atoms with Gasteiger partial charge in [-0.2, -0.15) is 0 Å². The number of anilines is 1. The summed E-state index contributed by atoms with van der Waals surface area (Å²) in [6.07, 6.45) is 15.4. The Bertz CT molecular complexity index is 884. The summed E-state index contributed by atoms with van der Waals surface area (Å²) in [5.41, 5.74) is -0.559. The molecule has 0 aromatic heterocycles. The van der Waals surface area contributed by atoms with Crippen molar-refractivity contribution in [1.82, 2.24) is 0 Å². The second kappa shape index (κ2) is 15.5. The van der Waals surface area contributed by atoms with E-state index < -0.39 is 9.21 Å². The predicted molar refractivity (Wildman–Crippen MR) is 159 cm³/mol. The lowest BCUT2D eigenvalue weighted by atomic mass is 9.82. The average molecular weight is 616 g/mol. The lowest BCUT2D eigenvalue weighted by Gasteiger charge is -2.23. The SMILES string of the molecule is CC1(C(=S)CCCCCCCCCCCCCCC(Cl)(Cl)Cl)CC(=O)N(c2cc(Cl)cc(Cl)c2)C1=O. The summed E-state index contributed by atoms with van der Waals surface area (Å²) in [5.74, 6) is -0.563. The third-order valence-electron chi connectivity index (χ3n) is 6.76. The third-order valence-corrected chi connectivity index (χ3v) is 8.42. The monoisotopic (exact) mass is 613 g/mol. The smallest absolute Gasteiger partial charge is 0.245 e.